The number of aliphatic carboxylic acids is 1. The predicted octanol–water partition coefficient (Wildman–Crippen LogP) is 13.6. The fourth-order valence-electron chi connectivity index (χ4n) is 8.20. The molecule has 5 aromatic carbocycles. The third kappa shape index (κ3) is 15.3. The zero-order valence-corrected chi connectivity index (χ0v) is 44.2. The first-order valence-corrected chi connectivity index (χ1v) is 26.0. The van der Waals surface area contributed by atoms with Crippen molar-refractivity contribution in [2.24, 2.45) is 0 Å². The molecule has 69 heavy (non-hydrogen) atoms. The number of ketones is 1. The summed E-state index contributed by atoms with van der Waals surface area (Å²) in [5.74, 6) is 0.870. The van der Waals surface area contributed by atoms with Crippen LogP contribution in [0.1, 0.15) is 79.1 Å². The molecule has 0 unspecified atom stereocenters. The van der Waals surface area contributed by atoms with Crippen molar-refractivity contribution in [3.63, 3.8) is 0 Å². The molecule has 0 saturated carbocycles. The molecule has 0 aliphatic heterocycles. The number of methoxy groups -OCH3 is 2. The number of rotatable bonds is 16. The Morgan fingerprint density at radius 2 is 0.957 bits per heavy atom. The third-order valence-corrected chi connectivity index (χ3v) is 18.8. The number of hydrogen-bond donors (Lipinski definition) is 1. The molecule has 0 bridgehead atoms. The molecule has 0 heterocycles. The van der Waals surface area contributed by atoms with Crippen LogP contribution in [0.15, 0.2) is 174 Å². The summed E-state index contributed by atoms with van der Waals surface area (Å²) in [5, 5.41) is 12.2. The molecule has 5 rings (SSSR count). The summed E-state index contributed by atoms with van der Waals surface area (Å²) >= 11 is 0. The number of carbonyl (C=O) groups is 3. The number of carboxylic acid groups (broad SMARTS) is 1. The Labute approximate surface area is 413 Å². The summed E-state index contributed by atoms with van der Waals surface area (Å²) in [7, 11) is 3.45. The van der Waals surface area contributed by atoms with Crippen LogP contribution in [-0.4, -0.2) is 50.2 Å². The molecular formula is C62H73O6P. The van der Waals surface area contributed by atoms with Gasteiger partial charge in [-0.2, -0.15) is 0 Å². The number of carboxylic acids is 1. The van der Waals surface area contributed by atoms with Gasteiger partial charge in [0.25, 0.3) is 0 Å². The maximum atomic E-state index is 11.0. The van der Waals surface area contributed by atoms with Gasteiger partial charge in [-0.05, 0) is 94.0 Å². The van der Waals surface area contributed by atoms with Crippen molar-refractivity contribution < 1.29 is 29.0 Å². The molecule has 0 aromatic heterocycles. The van der Waals surface area contributed by atoms with Crippen molar-refractivity contribution in [1.82, 2.24) is 0 Å². The molecule has 0 fully saturated rings. The van der Waals surface area contributed by atoms with Crippen molar-refractivity contribution in [2.75, 3.05) is 27.0 Å². The Balaban J connectivity index is 0.000000337. The van der Waals surface area contributed by atoms with Gasteiger partial charge in [0.1, 0.15) is 12.0 Å². The van der Waals surface area contributed by atoms with Crippen molar-refractivity contribution >= 4 is 52.7 Å². The first-order chi connectivity index (χ1) is 32.7. The topological polar surface area (TPSA) is 89.9 Å². The molecule has 5 aromatic rings. The summed E-state index contributed by atoms with van der Waals surface area (Å²) in [6, 6.07) is 37.6. The quantitative estimate of drug-likeness (QED) is 0.0459. The first kappa shape index (κ1) is 56.4. The van der Waals surface area contributed by atoms with E-state index in [1.165, 1.54) is 72.9 Å². The van der Waals surface area contributed by atoms with E-state index in [0.29, 0.717) is 6.29 Å². The number of ether oxygens (including phenoxy) is 2. The van der Waals surface area contributed by atoms with Crippen LogP contribution in [0.25, 0.3) is 12.2 Å². The Morgan fingerprint density at radius 3 is 1.30 bits per heavy atom. The molecular weight excluding hydrogens is 872 g/mol. The van der Waals surface area contributed by atoms with Crippen molar-refractivity contribution in [3.05, 3.63) is 219 Å². The molecule has 6 nitrogen and oxygen atoms in total. The zero-order valence-electron chi connectivity index (χ0n) is 43.3. The summed E-state index contributed by atoms with van der Waals surface area (Å²) < 4.78 is 11.0. The van der Waals surface area contributed by atoms with Crippen LogP contribution in [0.3, 0.4) is 0 Å². The van der Waals surface area contributed by atoms with Gasteiger partial charge >= 0.3 is 230 Å². The van der Waals surface area contributed by atoms with E-state index in [0.717, 1.165) is 34.9 Å². The van der Waals surface area contributed by atoms with Crippen molar-refractivity contribution in [2.45, 2.75) is 76.2 Å². The van der Waals surface area contributed by atoms with E-state index in [4.69, 9.17) is 14.6 Å². The van der Waals surface area contributed by atoms with Crippen LogP contribution in [-0.2, 0) is 14.4 Å². The molecule has 0 radical (unpaired) electrons. The van der Waals surface area contributed by atoms with Crippen LogP contribution in [0, 0.1) is 41.5 Å². The first-order valence-electron chi connectivity index (χ1n) is 23.1. The van der Waals surface area contributed by atoms with Gasteiger partial charge < -0.3 is 9.84 Å². The minimum atomic E-state index is -2.78. The van der Waals surface area contributed by atoms with E-state index in [-0.39, 0.29) is 11.4 Å². The summed E-state index contributed by atoms with van der Waals surface area (Å²) in [4.78, 5) is 30.4. The molecule has 0 amide bonds. The van der Waals surface area contributed by atoms with Gasteiger partial charge in [0.2, 0.25) is 0 Å². The van der Waals surface area contributed by atoms with E-state index >= 15 is 0 Å². The second-order valence-corrected chi connectivity index (χ2v) is 23.3. The molecule has 0 spiro atoms. The van der Waals surface area contributed by atoms with Crippen molar-refractivity contribution in [1.29, 1.82) is 0 Å². The Hall–Kier alpha value is -6.88. The normalized spacial score (nSPS) is 13.0. The van der Waals surface area contributed by atoms with E-state index in [1.807, 2.05) is 25.2 Å². The van der Waals surface area contributed by atoms with Gasteiger partial charge in [-0.1, -0.05) is 36.0 Å². The van der Waals surface area contributed by atoms with Gasteiger partial charge in [-0.15, -0.1) is 0 Å². The Bertz CT molecular complexity index is 2680. The zero-order chi connectivity index (χ0) is 51.3. The Kier molecular flexibility index (Phi) is 21.8. The van der Waals surface area contributed by atoms with Crippen LogP contribution < -0.4 is 25.4 Å². The van der Waals surface area contributed by atoms with E-state index in [2.05, 4.69) is 196 Å². The SMILES string of the molecule is C/C(C=O)=C\C(=O)O.COc1cc(C)c(/C=C/C(C)=C/C=C/C(C)=C/C(C)=O)c(C)c1C.COc1cc(C)c(/C=C/C(C)=C/CP(C)(c2ccccc2)(c2ccccc2)c2ccccc2)c(C)c1C. The number of aldehydes is 1. The van der Waals surface area contributed by atoms with Crippen molar-refractivity contribution in [3.8, 4) is 11.5 Å². The van der Waals surface area contributed by atoms with Crippen LogP contribution in [0.2, 0.25) is 0 Å². The van der Waals surface area contributed by atoms with E-state index in [1.54, 1.807) is 27.2 Å². The van der Waals surface area contributed by atoms with Gasteiger partial charge in [0.05, 0.1) is 7.11 Å². The molecule has 0 aliphatic rings. The second-order valence-electron chi connectivity index (χ2n) is 17.8. The summed E-state index contributed by atoms with van der Waals surface area (Å²) in [6.45, 7) is 21.7. The van der Waals surface area contributed by atoms with Crippen LogP contribution in [0.5, 0.6) is 11.5 Å². The molecule has 1 N–H and O–H groups in total. The van der Waals surface area contributed by atoms with Gasteiger partial charge in [-0.3, -0.25) is 9.59 Å². The average Bonchev–Trinajstić information content (AvgIpc) is 3.33. The standard InChI is InChI=1S/C35H39OP.C22H28O2.C5H6O3/c1-27(22-23-34-28(2)26-35(36-5)30(4)29(34)3)24-25-37(6,31-16-10-7-11-17-31,32-18-12-8-13-19-32)33-20-14-9-15-21-33;1-15(9-8-10-16(2)13-18(4)23)11-12-21-17(3)14-22(24-7)20(6)19(21)5;1-4(3-6)2-5(7)8/h7-24,26H,25H2,1-6H3;8-14H,1-7H3;2-3H,1H3,(H,7,8)/b23-22+,27-24+;10-8+,12-11+,15-9+,16-13+;4-2+. The fraction of sp³-hybridized carbons (Fsp3) is 0.242. The Morgan fingerprint density at radius 1 is 0.551 bits per heavy atom. The van der Waals surface area contributed by atoms with Gasteiger partial charge in [-0.25, -0.2) is 4.79 Å². The fourth-order valence-corrected chi connectivity index (χ4v) is 13.4. The molecule has 0 saturated heterocycles. The second kappa shape index (κ2) is 26.6. The van der Waals surface area contributed by atoms with Crippen LogP contribution in [0.4, 0.5) is 0 Å². The molecule has 0 aliphatic carbocycles. The van der Waals surface area contributed by atoms with Gasteiger partial charge in [0, 0.05) is 6.08 Å². The number of benzene rings is 5. The van der Waals surface area contributed by atoms with Crippen LogP contribution >= 0.6 is 6.60 Å². The third-order valence-electron chi connectivity index (χ3n) is 12.6. The van der Waals surface area contributed by atoms with Gasteiger partial charge in [0.15, 0.2) is 5.78 Å². The number of hydrogen-bond acceptors (Lipinski definition) is 5. The summed E-state index contributed by atoms with van der Waals surface area (Å²) in [6.07, 6.45) is 21.1. The van der Waals surface area contributed by atoms with E-state index < -0.39 is 12.6 Å². The molecule has 7 heteroatoms. The predicted molar refractivity (Wildman–Crippen MR) is 297 cm³/mol. The monoisotopic (exact) mass is 945 g/mol. The van der Waals surface area contributed by atoms with E-state index in [9.17, 15) is 14.4 Å². The molecule has 362 valence electrons. The number of allylic oxidation sites excluding steroid dienone is 11. The maximum absolute atomic E-state index is 11.0. The number of carbonyl (C=O) groups excluding carboxylic acids is 2. The molecule has 0 atom stereocenters. The average molecular weight is 945 g/mol. The number of aryl methyl sites for hydroxylation is 2. The summed E-state index contributed by atoms with van der Waals surface area (Å²) in [5.41, 5.74) is 13.4. The minimum absolute atomic E-state index is 0.0681.